The first kappa shape index (κ1) is 11.2. The molecule has 1 radical (unpaired) electrons. The van der Waals surface area contributed by atoms with E-state index in [-0.39, 0.29) is 5.97 Å². The monoisotopic (exact) mass is 169 g/mol. The van der Waals surface area contributed by atoms with Crippen molar-refractivity contribution >= 4 is 5.97 Å². The van der Waals surface area contributed by atoms with Crippen LogP contribution < -0.4 is 0 Å². The summed E-state index contributed by atoms with van der Waals surface area (Å²) in [6.07, 6.45) is 3.60. The lowest BCUT2D eigenvalue weighted by molar-refractivity contribution is -0.144. The van der Waals surface area contributed by atoms with E-state index < -0.39 is 0 Å². The molecule has 0 aromatic heterocycles. The normalized spacial score (nSPS) is 9.92. The largest absolute Gasteiger partial charge is 0.465 e. The van der Waals surface area contributed by atoms with Gasteiger partial charge in [0.15, 0.2) is 0 Å². The van der Waals surface area contributed by atoms with E-state index in [2.05, 4.69) is 0 Å². The molecule has 0 aliphatic heterocycles. The Morgan fingerprint density at radius 2 is 2.25 bits per heavy atom. The molecule has 0 bridgehead atoms. The Kier molecular flexibility index (Phi) is 6.44. The average molecular weight is 169 g/mol. The minimum atomic E-state index is -0.120. The Morgan fingerprint density at radius 1 is 1.58 bits per heavy atom. The molecule has 2 nitrogen and oxygen atoms in total. The van der Waals surface area contributed by atoms with Crippen LogP contribution in [0, 0.1) is 12.5 Å². The van der Waals surface area contributed by atoms with E-state index in [9.17, 15) is 4.79 Å². The molecule has 0 atom stereocenters. The van der Waals surface area contributed by atoms with Crippen LogP contribution in [0.4, 0.5) is 0 Å². The van der Waals surface area contributed by atoms with E-state index in [1.54, 1.807) is 6.08 Å². The molecule has 0 heterocycles. The molecular formula is C10H17O2. The molecule has 12 heavy (non-hydrogen) atoms. The highest BCUT2D eigenvalue weighted by atomic mass is 16.5. The van der Waals surface area contributed by atoms with Gasteiger partial charge >= 0.3 is 5.97 Å². The number of carbonyl (C=O) groups excluding carboxylic acids is 1. The summed E-state index contributed by atoms with van der Waals surface area (Å²) in [4.78, 5) is 10.9. The van der Waals surface area contributed by atoms with Crippen molar-refractivity contribution in [2.45, 2.75) is 33.1 Å². The summed E-state index contributed by atoms with van der Waals surface area (Å²) in [5, 5.41) is 0. The predicted octanol–water partition coefficient (Wildman–Crippen LogP) is 2.35. The molecule has 0 saturated heterocycles. The quantitative estimate of drug-likeness (QED) is 0.450. The van der Waals surface area contributed by atoms with Crippen LogP contribution >= 0.6 is 0 Å². The molecule has 69 valence electrons. The molecule has 0 aromatic carbocycles. The van der Waals surface area contributed by atoms with Gasteiger partial charge in [0.2, 0.25) is 0 Å². The molecular weight excluding hydrogens is 152 g/mol. The maximum Gasteiger partial charge on any atom is 0.305 e. The van der Waals surface area contributed by atoms with Gasteiger partial charge in [-0.15, -0.1) is 0 Å². The van der Waals surface area contributed by atoms with Gasteiger partial charge in [-0.2, -0.15) is 0 Å². The Labute approximate surface area is 74.6 Å². The molecule has 0 aliphatic carbocycles. The van der Waals surface area contributed by atoms with Gasteiger partial charge in [0.1, 0.15) is 0 Å². The number of hydrogen-bond acceptors (Lipinski definition) is 2. The first-order valence-corrected chi connectivity index (χ1v) is 4.36. The summed E-state index contributed by atoms with van der Waals surface area (Å²) >= 11 is 0. The van der Waals surface area contributed by atoms with Crippen LogP contribution in [0.15, 0.2) is 6.08 Å². The van der Waals surface area contributed by atoms with Crippen LogP contribution in [0.25, 0.3) is 0 Å². The Balaban J connectivity index is 3.27. The van der Waals surface area contributed by atoms with E-state index in [0.29, 0.717) is 18.9 Å². The molecule has 0 aliphatic rings. The summed E-state index contributed by atoms with van der Waals surface area (Å²) in [7, 11) is 0. The predicted molar refractivity (Wildman–Crippen MR) is 48.5 cm³/mol. The van der Waals surface area contributed by atoms with Crippen molar-refractivity contribution in [1.29, 1.82) is 0 Å². The molecule has 0 rings (SSSR count). The van der Waals surface area contributed by atoms with Gasteiger partial charge in [0, 0.05) is 6.42 Å². The maximum absolute atomic E-state index is 10.9. The number of hydrogen-bond donors (Lipinski definition) is 0. The van der Waals surface area contributed by atoms with E-state index in [4.69, 9.17) is 11.3 Å². The second kappa shape index (κ2) is 6.89. The third kappa shape index (κ3) is 7.32. The second-order valence-corrected chi connectivity index (χ2v) is 3.20. The molecule has 0 amide bonds. The fourth-order valence-corrected chi connectivity index (χ4v) is 0.696. The SMILES string of the molecule is [CH]=CCCCC(=O)OCC(C)C. The van der Waals surface area contributed by atoms with Gasteiger partial charge in [-0.1, -0.05) is 26.5 Å². The molecule has 0 N–H and O–H groups in total. The second-order valence-electron chi connectivity index (χ2n) is 3.20. The van der Waals surface area contributed by atoms with Crippen molar-refractivity contribution in [2.75, 3.05) is 6.61 Å². The summed E-state index contributed by atoms with van der Waals surface area (Å²) in [5.41, 5.74) is 0. The summed E-state index contributed by atoms with van der Waals surface area (Å²) in [5.74, 6) is 0.292. The average Bonchev–Trinajstić information content (AvgIpc) is 2.01. The fourth-order valence-electron chi connectivity index (χ4n) is 0.696. The van der Waals surface area contributed by atoms with Gasteiger partial charge in [-0.3, -0.25) is 4.79 Å². The van der Waals surface area contributed by atoms with Crippen molar-refractivity contribution < 1.29 is 9.53 Å². The minimum Gasteiger partial charge on any atom is -0.465 e. The standard InChI is InChI=1S/C10H17O2/c1-4-5-6-7-10(11)12-8-9(2)3/h1,4,9H,5-8H2,2-3H3. The van der Waals surface area contributed by atoms with Gasteiger partial charge in [-0.05, 0) is 18.8 Å². The van der Waals surface area contributed by atoms with Gasteiger partial charge in [-0.25, -0.2) is 0 Å². The summed E-state index contributed by atoms with van der Waals surface area (Å²) < 4.78 is 4.96. The molecule has 0 saturated carbocycles. The molecule has 0 spiro atoms. The van der Waals surface area contributed by atoms with E-state index in [1.807, 2.05) is 13.8 Å². The molecule has 2 heteroatoms. The number of rotatable bonds is 6. The lowest BCUT2D eigenvalue weighted by Crippen LogP contribution is -2.09. The van der Waals surface area contributed by atoms with E-state index in [1.165, 1.54) is 0 Å². The summed E-state index contributed by atoms with van der Waals surface area (Å²) in [6, 6.07) is 0. The van der Waals surface area contributed by atoms with Crippen molar-refractivity contribution in [3.63, 3.8) is 0 Å². The van der Waals surface area contributed by atoms with Crippen LogP contribution in [0.1, 0.15) is 33.1 Å². The van der Waals surface area contributed by atoms with Crippen LogP contribution in [0.3, 0.4) is 0 Å². The molecule has 0 fully saturated rings. The van der Waals surface area contributed by atoms with Gasteiger partial charge in [0.05, 0.1) is 6.61 Å². The van der Waals surface area contributed by atoms with E-state index >= 15 is 0 Å². The van der Waals surface area contributed by atoms with Crippen LogP contribution in [-0.4, -0.2) is 12.6 Å². The zero-order valence-electron chi connectivity index (χ0n) is 7.88. The molecule has 0 unspecified atom stereocenters. The van der Waals surface area contributed by atoms with Crippen molar-refractivity contribution in [3.8, 4) is 0 Å². The lowest BCUT2D eigenvalue weighted by atomic mass is 10.2. The number of allylic oxidation sites excluding steroid dienone is 1. The zero-order chi connectivity index (χ0) is 9.40. The number of carbonyl (C=O) groups is 1. The number of ether oxygens (including phenoxy) is 1. The Bertz CT molecular complexity index is 139. The topological polar surface area (TPSA) is 26.3 Å². The first-order valence-electron chi connectivity index (χ1n) is 4.36. The highest BCUT2D eigenvalue weighted by Crippen LogP contribution is 2.00. The maximum atomic E-state index is 10.9. The fraction of sp³-hybridized carbons (Fsp3) is 0.700. The highest BCUT2D eigenvalue weighted by Gasteiger charge is 2.02. The lowest BCUT2D eigenvalue weighted by Gasteiger charge is -2.05. The van der Waals surface area contributed by atoms with Crippen molar-refractivity contribution in [2.24, 2.45) is 5.92 Å². The molecule has 0 aromatic rings. The van der Waals surface area contributed by atoms with E-state index in [0.717, 1.165) is 12.8 Å². The van der Waals surface area contributed by atoms with Gasteiger partial charge in [0.25, 0.3) is 0 Å². The minimum absolute atomic E-state index is 0.120. The van der Waals surface area contributed by atoms with Crippen molar-refractivity contribution in [3.05, 3.63) is 12.7 Å². The third-order valence-corrected chi connectivity index (χ3v) is 1.33. The Morgan fingerprint density at radius 3 is 2.75 bits per heavy atom. The third-order valence-electron chi connectivity index (χ3n) is 1.33. The number of unbranched alkanes of at least 4 members (excludes halogenated alkanes) is 1. The van der Waals surface area contributed by atoms with Crippen LogP contribution in [-0.2, 0) is 9.53 Å². The summed E-state index contributed by atoms with van der Waals surface area (Å²) in [6.45, 7) is 9.71. The Hall–Kier alpha value is -0.790. The van der Waals surface area contributed by atoms with Gasteiger partial charge < -0.3 is 4.74 Å². The van der Waals surface area contributed by atoms with Crippen molar-refractivity contribution in [1.82, 2.24) is 0 Å². The smallest absolute Gasteiger partial charge is 0.305 e. The number of esters is 1. The first-order chi connectivity index (χ1) is 5.66. The van der Waals surface area contributed by atoms with Crippen LogP contribution in [0.5, 0.6) is 0 Å². The zero-order valence-corrected chi connectivity index (χ0v) is 7.88. The highest BCUT2D eigenvalue weighted by molar-refractivity contribution is 5.69. The van der Waals surface area contributed by atoms with Crippen LogP contribution in [0.2, 0.25) is 0 Å².